The summed E-state index contributed by atoms with van der Waals surface area (Å²) in [4.78, 5) is 38.3. The predicted octanol–water partition coefficient (Wildman–Crippen LogP) is 1.43. The first-order valence-electron chi connectivity index (χ1n) is 7.83. The first-order valence-corrected chi connectivity index (χ1v) is 7.83. The van der Waals surface area contributed by atoms with Crippen molar-refractivity contribution in [2.75, 3.05) is 13.1 Å². The van der Waals surface area contributed by atoms with Crippen molar-refractivity contribution in [3.8, 4) is 0 Å². The fraction of sp³-hybridized carbons (Fsp3) is 0.471. The van der Waals surface area contributed by atoms with Crippen molar-refractivity contribution in [2.45, 2.75) is 38.6 Å². The molecule has 2 heterocycles. The van der Waals surface area contributed by atoms with Crippen LogP contribution in [-0.4, -0.2) is 46.7 Å². The zero-order chi connectivity index (χ0) is 16.6. The normalized spacial score (nSPS) is 18.5. The molecule has 0 bridgehead atoms. The van der Waals surface area contributed by atoms with Gasteiger partial charge in [0.25, 0.3) is 0 Å². The quantitative estimate of drug-likeness (QED) is 0.789. The molecule has 0 atom stereocenters. The van der Waals surface area contributed by atoms with Gasteiger partial charge in [-0.1, -0.05) is 12.1 Å². The van der Waals surface area contributed by atoms with Gasteiger partial charge in [0, 0.05) is 32.4 Å². The van der Waals surface area contributed by atoms with Crippen LogP contribution in [0.3, 0.4) is 0 Å². The number of hydrogen-bond donors (Lipinski definition) is 0. The Hall–Kier alpha value is -2.24. The maximum absolute atomic E-state index is 13.5. The number of benzene rings is 1. The topological polar surface area (TPSA) is 57.7 Å². The number of nitrogens with zero attached hydrogens (tertiary/aromatic N) is 2. The Morgan fingerprint density at radius 1 is 1.22 bits per heavy atom. The monoisotopic (exact) mass is 318 g/mol. The lowest BCUT2D eigenvalue weighted by atomic mass is 10.0. The maximum atomic E-state index is 13.5. The summed E-state index contributed by atoms with van der Waals surface area (Å²) in [6.45, 7) is 2.53. The average Bonchev–Trinajstić information content (AvgIpc) is 2.79. The minimum atomic E-state index is -0.259. The van der Waals surface area contributed by atoms with Gasteiger partial charge in [0.15, 0.2) is 0 Å². The number of carbonyl (C=O) groups is 3. The number of carbonyl (C=O) groups excluding carboxylic acids is 3. The van der Waals surface area contributed by atoms with Crippen LogP contribution in [0.5, 0.6) is 0 Å². The molecule has 0 aromatic heterocycles. The summed E-state index contributed by atoms with van der Waals surface area (Å²) in [6.07, 6.45) is 1.35. The molecule has 0 spiro atoms. The highest BCUT2D eigenvalue weighted by Gasteiger charge is 2.42. The summed E-state index contributed by atoms with van der Waals surface area (Å²) in [6, 6.07) is 4.83. The molecule has 5 nitrogen and oxygen atoms in total. The molecule has 0 aliphatic carbocycles. The number of hydrogen-bond acceptors (Lipinski definition) is 3. The summed E-state index contributed by atoms with van der Waals surface area (Å²) in [5.74, 6) is -0.559. The van der Waals surface area contributed by atoms with Gasteiger partial charge in [0.05, 0.1) is 6.04 Å². The van der Waals surface area contributed by atoms with Gasteiger partial charge in [0.2, 0.25) is 17.7 Å². The third-order valence-corrected chi connectivity index (χ3v) is 4.53. The molecule has 3 amide bonds. The van der Waals surface area contributed by atoms with Crippen LogP contribution in [0.25, 0.3) is 0 Å². The smallest absolute Gasteiger partial charge is 0.230 e. The predicted molar refractivity (Wildman–Crippen MR) is 80.9 cm³/mol. The van der Waals surface area contributed by atoms with Crippen molar-refractivity contribution in [2.24, 2.45) is 0 Å². The van der Waals surface area contributed by atoms with E-state index in [-0.39, 0.29) is 42.4 Å². The Morgan fingerprint density at radius 3 is 2.48 bits per heavy atom. The second-order valence-corrected chi connectivity index (χ2v) is 6.19. The van der Waals surface area contributed by atoms with E-state index >= 15 is 0 Å². The number of halogens is 1. The highest BCUT2D eigenvalue weighted by atomic mass is 19.1. The van der Waals surface area contributed by atoms with Crippen LogP contribution in [0.2, 0.25) is 0 Å². The molecule has 3 rings (SSSR count). The molecule has 2 fully saturated rings. The lowest BCUT2D eigenvalue weighted by molar-refractivity contribution is -0.151. The molecule has 2 saturated heterocycles. The number of aryl methyl sites for hydroxylation is 2. The molecule has 2 aliphatic rings. The van der Waals surface area contributed by atoms with E-state index in [1.807, 2.05) is 6.07 Å². The Kier molecular flexibility index (Phi) is 4.15. The fourth-order valence-electron chi connectivity index (χ4n) is 3.02. The third-order valence-electron chi connectivity index (χ3n) is 4.53. The van der Waals surface area contributed by atoms with Gasteiger partial charge in [-0.2, -0.15) is 0 Å². The second kappa shape index (κ2) is 6.10. The summed E-state index contributed by atoms with van der Waals surface area (Å²) in [7, 11) is 0. The van der Waals surface area contributed by atoms with Gasteiger partial charge in [-0.3, -0.25) is 19.3 Å². The summed E-state index contributed by atoms with van der Waals surface area (Å²) >= 11 is 0. The van der Waals surface area contributed by atoms with Gasteiger partial charge in [-0.25, -0.2) is 4.39 Å². The Morgan fingerprint density at radius 2 is 1.87 bits per heavy atom. The van der Waals surface area contributed by atoms with Crippen LogP contribution in [0.4, 0.5) is 4.39 Å². The minimum absolute atomic E-state index is 0.0265. The molecular formula is C17H19FN2O3. The lowest BCUT2D eigenvalue weighted by Crippen LogP contribution is -2.62. The number of imide groups is 1. The molecule has 0 N–H and O–H groups in total. The zero-order valence-electron chi connectivity index (χ0n) is 13.0. The number of likely N-dealkylation sites (tertiary alicyclic amines) is 2. The van der Waals surface area contributed by atoms with E-state index < -0.39 is 0 Å². The van der Waals surface area contributed by atoms with E-state index in [1.54, 1.807) is 17.9 Å². The van der Waals surface area contributed by atoms with Crippen molar-refractivity contribution < 1.29 is 18.8 Å². The Labute approximate surface area is 134 Å². The summed E-state index contributed by atoms with van der Waals surface area (Å²) in [5, 5.41) is 0. The first kappa shape index (κ1) is 15.6. The average molecular weight is 318 g/mol. The van der Waals surface area contributed by atoms with Crippen LogP contribution in [0.15, 0.2) is 18.2 Å². The standard InChI is InChI=1S/C17H19FN2O3/c1-11-2-3-12(8-14(11)18)4-5-15(21)19-9-13(10-19)20-16(22)6-7-17(20)23/h2-3,8,13H,4-7,9-10H2,1H3. The van der Waals surface area contributed by atoms with Gasteiger partial charge in [0.1, 0.15) is 5.82 Å². The van der Waals surface area contributed by atoms with Crippen molar-refractivity contribution >= 4 is 17.7 Å². The van der Waals surface area contributed by atoms with Crippen LogP contribution in [0, 0.1) is 12.7 Å². The number of rotatable bonds is 4. The molecule has 6 heteroatoms. The van der Waals surface area contributed by atoms with Gasteiger partial charge >= 0.3 is 0 Å². The molecule has 23 heavy (non-hydrogen) atoms. The minimum Gasteiger partial charge on any atom is -0.338 e. The first-order chi connectivity index (χ1) is 11.0. The van der Waals surface area contributed by atoms with Crippen molar-refractivity contribution in [3.63, 3.8) is 0 Å². The molecular weight excluding hydrogens is 299 g/mol. The van der Waals surface area contributed by atoms with E-state index in [2.05, 4.69) is 0 Å². The molecule has 0 saturated carbocycles. The second-order valence-electron chi connectivity index (χ2n) is 6.19. The summed E-state index contributed by atoms with van der Waals surface area (Å²) < 4.78 is 13.5. The van der Waals surface area contributed by atoms with Gasteiger partial charge < -0.3 is 4.90 Å². The van der Waals surface area contributed by atoms with E-state index in [0.29, 0.717) is 31.5 Å². The van der Waals surface area contributed by atoms with Crippen LogP contribution < -0.4 is 0 Å². The van der Waals surface area contributed by atoms with Crippen LogP contribution in [-0.2, 0) is 20.8 Å². The molecule has 0 unspecified atom stereocenters. The molecule has 1 aromatic carbocycles. The van der Waals surface area contributed by atoms with E-state index in [0.717, 1.165) is 5.56 Å². The lowest BCUT2D eigenvalue weighted by Gasteiger charge is -2.43. The molecule has 1 aromatic rings. The van der Waals surface area contributed by atoms with E-state index in [1.165, 1.54) is 11.0 Å². The molecule has 122 valence electrons. The van der Waals surface area contributed by atoms with E-state index in [4.69, 9.17) is 0 Å². The number of amides is 3. The highest BCUT2D eigenvalue weighted by Crippen LogP contribution is 2.23. The zero-order valence-corrected chi connectivity index (χ0v) is 13.0. The van der Waals surface area contributed by atoms with Crippen molar-refractivity contribution in [3.05, 3.63) is 35.1 Å². The van der Waals surface area contributed by atoms with Gasteiger partial charge in [-0.05, 0) is 30.5 Å². The molecule has 0 radical (unpaired) electrons. The van der Waals surface area contributed by atoms with Crippen molar-refractivity contribution in [1.29, 1.82) is 0 Å². The van der Waals surface area contributed by atoms with Gasteiger partial charge in [-0.15, -0.1) is 0 Å². The highest BCUT2D eigenvalue weighted by molar-refractivity contribution is 6.02. The van der Waals surface area contributed by atoms with E-state index in [9.17, 15) is 18.8 Å². The Bertz CT molecular complexity index is 652. The maximum Gasteiger partial charge on any atom is 0.230 e. The SMILES string of the molecule is Cc1ccc(CCC(=O)N2CC(N3C(=O)CCC3=O)C2)cc1F. The summed E-state index contributed by atoms with van der Waals surface area (Å²) in [5.41, 5.74) is 1.38. The van der Waals surface area contributed by atoms with Crippen LogP contribution in [0.1, 0.15) is 30.4 Å². The fourth-order valence-corrected chi connectivity index (χ4v) is 3.02. The largest absolute Gasteiger partial charge is 0.338 e. The van der Waals surface area contributed by atoms with Crippen LogP contribution >= 0.6 is 0 Å². The third kappa shape index (κ3) is 3.11. The Balaban J connectivity index is 1.48. The molecule has 2 aliphatic heterocycles. The van der Waals surface area contributed by atoms with Crippen molar-refractivity contribution in [1.82, 2.24) is 9.80 Å².